The van der Waals surface area contributed by atoms with Crippen LogP contribution in [-0.4, -0.2) is 62.2 Å². The molecule has 45 heavy (non-hydrogen) atoms. The maximum atomic E-state index is 9.40. The zero-order chi connectivity index (χ0) is 30.8. The number of hydrogen-bond donors (Lipinski definition) is 2. The predicted octanol–water partition coefficient (Wildman–Crippen LogP) is 5.46. The number of ether oxygens (including phenoxy) is 1. The zero-order valence-electron chi connectivity index (χ0n) is 25.7. The second-order valence-corrected chi connectivity index (χ2v) is 11.9. The molecule has 5 aromatic rings. The summed E-state index contributed by atoms with van der Waals surface area (Å²) in [7, 11) is 0. The molecule has 0 amide bonds. The number of anilines is 2. The van der Waals surface area contributed by atoms with Crippen LogP contribution in [-0.2, 0) is 0 Å². The first-order chi connectivity index (χ1) is 22.1. The van der Waals surface area contributed by atoms with Gasteiger partial charge in [0, 0.05) is 43.8 Å². The molecular formula is C34H38N10O. The first-order valence-electron chi connectivity index (χ1n) is 15.8. The monoisotopic (exact) mass is 602 g/mol. The molecule has 1 saturated heterocycles. The highest BCUT2D eigenvalue weighted by Crippen LogP contribution is 2.44. The third-order valence-corrected chi connectivity index (χ3v) is 8.91. The SMILES string of the molecule is CCC(C)n1ncc2nc(N3CCN(C(NC#N)Oc4ccccc4)CC3)nc(N[C@@H](c3cnc4ccccc4c3)C3CC3)c21. The Bertz CT molecular complexity index is 1810. The van der Waals surface area contributed by atoms with Crippen molar-refractivity contribution in [2.45, 2.75) is 51.5 Å². The van der Waals surface area contributed by atoms with E-state index in [9.17, 15) is 5.26 Å². The van der Waals surface area contributed by atoms with Crippen LogP contribution in [0.2, 0.25) is 0 Å². The van der Waals surface area contributed by atoms with Crippen LogP contribution in [0.5, 0.6) is 5.75 Å². The van der Waals surface area contributed by atoms with Gasteiger partial charge in [-0.25, -0.2) is 9.88 Å². The maximum Gasteiger partial charge on any atom is 0.238 e. The van der Waals surface area contributed by atoms with E-state index in [1.807, 2.05) is 48.8 Å². The molecular weight excluding hydrogens is 564 g/mol. The Morgan fingerprint density at radius 1 is 0.978 bits per heavy atom. The molecule has 0 radical (unpaired) electrons. The van der Waals surface area contributed by atoms with E-state index in [-0.39, 0.29) is 12.1 Å². The van der Waals surface area contributed by atoms with E-state index < -0.39 is 6.35 Å². The second-order valence-electron chi connectivity index (χ2n) is 11.9. The van der Waals surface area contributed by atoms with E-state index in [1.165, 1.54) is 18.4 Å². The third-order valence-electron chi connectivity index (χ3n) is 8.91. The van der Waals surface area contributed by atoms with Crippen molar-refractivity contribution >= 4 is 33.7 Å². The average molecular weight is 603 g/mol. The van der Waals surface area contributed by atoms with Crippen molar-refractivity contribution in [2.75, 3.05) is 36.4 Å². The number of nitrogens with zero attached hydrogens (tertiary/aromatic N) is 8. The number of hydrogen-bond acceptors (Lipinski definition) is 10. The molecule has 2 N–H and O–H groups in total. The van der Waals surface area contributed by atoms with E-state index in [0.717, 1.165) is 34.2 Å². The molecule has 1 saturated carbocycles. The summed E-state index contributed by atoms with van der Waals surface area (Å²) in [5.74, 6) is 2.70. The standard InChI is InChI=1S/C34H38N10O/c1-3-23(2)44-31-29(21-38-44)39-33(42-15-17-43(18-16-42)34(37-22-35)45-27-10-5-4-6-11-27)41-32(31)40-30(24-13-14-24)26-19-25-9-7-8-12-28(25)36-20-26/h4-12,19-21,23-24,30,34,37H,3,13-18H2,1-2H3,(H,39,40,41)/t23?,30-,34?/m1/s1. The minimum Gasteiger partial charge on any atom is -0.457 e. The smallest absolute Gasteiger partial charge is 0.238 e. The topological polar surface area (TPSA) is 120 Å². The highest BCUT2D eigenvalue weighted by atomic mass is 16.5. The summed E-state index contributed by atoms with van der Waals surface area (Å²) >= 11 is 0. The van der Waals surface area contributed by atoms with Gasteiger partial charge in [0.2, 0.25) is 12.3 Å². The molecule has 11 heteroatoms. The summed E-state index contributed by atoms with van der Waals surface area (Å²) in [6.07, 6.45) is 8.65. The van der Waals surface area contributed by atoms with Gasteiger partial charge in [0.1, 0.15) is 16.8 Å². The lowest BCUT2D eigenvalue weighted by atomic mass is 10.0. The van der Waals surface area contributed by atoms with Gasteiger partial charge in [0.25, 0.3) is 0 Å². The lowest BCUT2D eigenvalue weighted by molar-refractivity contribution is 0.00715. The number of nitrogens with one attached hydrogen (secondary N) is 2. The van der Waals surface area contributed by atoms with Crippen LogP contribution < -0.4 is 20.3 Å². The average Bonchev–Trinajstić information content (AvgIpc) is 3.84. The highest BCUT2D eigenvalue weighted by Gasteiger charge is 2.34. The molecule has 2 aliphatic rings. The summed E-state index contributed by atoms with van der Waals surface area (Å²) in [6.45, 7) is 7.08. The Morgan fingerprint density at radius 3 is 2.51 bits per heavy atom. The highest BCUT2D eigenvalue weighted by molar-refractivity contribution is 5.87. The first kappa shape index (κ1) is 28.8. The Balaban J connectivity index is 1.17. The van der Waals surface area contributed by atoms with E-state index in [4.69, 9.17) is 24.8 Å². The Labute approximate surface area is 262 Å². The van der Waals surface area contributed by atoms with Crippen molar-refractivity contribution < 1.29 is 4.74 Å². The number of fused-ring (bicyclic) bond motifs is 2. The number of nitriles is 1. The largest absolute Gasteiger partial charge is 0.457 e. The molecule has 4 heterocycles. The number of benzene rings is 2. The number of para-hydroxylation sites is 2. The van der Waals surface area contributed by atoms with Crippen molar-refractivity contribution in [3.05, 3.63) is 78.6 Å². The molecule has 0 spiro atoms. The van der Waals surface area contributed by atoms with Crippen molar-refractivity contribution in [1.29, 1.82) is 5.26 Å². The normalized spacial score (nSPS) is 17.5. The lowest BCUT2D eigenvalue weighted by Gasteiger charge is -2.38. The Hall–Kier alpha value is -4.95. The molecule has 2 unspecified atom stereocenters. The Morgan fingerprint density at radius 2 is 1.76 bits per heavy atom. The van der Waals surface area contributed by atoms with Gasteiger partial charge in [0.05, 0.1) is 17.8 Å². The van der Waals surface area contributed by atoms with Crippen LogP contribution in [0.3, 0.4) is 0 Å². The van der Waals surface area contributed by atoms with Crippen molar-refractivity contribution in [3.8, 4) is 11.9 Å². The van der Waals surface area contributed by atoms with Crippen LogP contribution >= 0.6 is 0 Å². The van der Waals surface area contributed by atoms with Gasteiger partial charge in [-0.05, 0) is 61.9 Å². The summed E-state index contributed by atoms with van der Waals surface area (Å²) in [5, 5.41) is 22.0. The quantitative estimate of drug-likeness (QED) is 0.114. The van der Waals surface area contributed by atoms with E-state index in [1.54, 1.807) is 0 Å². The minimum absolute atomic E-state index is 0.0816. The molecule has 1 aliphatic heterocycles. The van der Waals surface area contributed by atoms with Crippen LogP contribution in [0.15, 0.2) is 73.1 Å². The molecule has 2 aromatic carbocycles. The molecule has 3 atom stereocenters. The van der Waals surface area contributed by atoms with Crippen molar-refractivity contribution in [1.82, 2.24) is 34.9 Å². The van der Waals surface area contributed by atoms with Crippen molar-refractivity contribution in [3.63, 3.8) is 0 Å². The van der Waals surface area contributed by atoms with Gasteiger partial charge >= 0.3 is 0 Å². The molecule has 3 aromatic heterocycles. The fraction of sp³-hybridized carbons (Fsp3) is 0.382. The minimum atomic E-state index is -0.552. The summed E-state index contributed by atoms with van der Waals surface area (Å²) < 4.78 is 8.16. The fourth-order valence-electron chi connectivity index (χ4n) is 6.04. The third kappa shape index (κ3) is 6.06. The molecule has 2 fully saturated rings. The zero-order valence-corrected chi connectivity index (χ0v) is 25.7. The maximum absolute atomic E-state index is 9.40. The summed E-state index contributed by atoms with van der Waals surface area (Å²) in [6, 6.07) is 20.4. The van der Waals surface area contributed by atoms with E-state index >= 15 is 0 Å². The Kier molecular flexibility index (Phi) is 8.05. The van der Waals surface area contributed by atoms with Crippen LogP contribution in [0.4, 0.5) is 11.8 Å². The fourth-order valence-corrected chi connectivity index (χ4v) is 6.04. The number of piperazine rings is 1. The molecule has 0 bridgehead atoms. The molecule has 11 nitrogen and oxygen atoms in total. The lowest BCUT2D eigenvalue weighted by Crippen LogP contribution is -2.56. The van der Waals surface area contributed by atoms with E-state index in [0.29, 0.717) is 43.8 Å². The number of rotatable bonds is 11. The second kappa shape index (κ2) is 12.6. The van der Waals surface area contributed by atoms with Crippen LogP contribution in [0, 0.1) is 17.4 Å². The van der Waals surface area contributed by atoms with E-state index in [2.05, 4.69) is 69.4 Å². The van der Waals surface area contributed by atoms with Gasteiger partial charge in [-0.2, -0.15) is 15.3 Å². The molecule has 7 rings (SSSR count). The summed E-state index contributed by atoms with van der Waals surface area (Å²) in [4.78, 5) is 19.3. The summed E-state index contributed by atoms with van der Waals surface area (Å²) in [5.41, 5.74) is 3.92. The van der Waals surface area contributed by atoms with Crippen LogP contribution in [0.1, 0.15) is 50.8 Å². The van der Waals surface area contributed by atoms with Gasteiger partial charge < -0.3 is 15.0 Å². The number of pyridine rings is 1. The molecule has 230 valence electrons. The van der Waals surface area contributed by atoms with Gasteiger partial charge in [-0.3, -0.25) is 15.0 Å². The van der Waals surface area contributed by atoms with Gasteiger partial charge in [-0.15, -0.1) is 0 Å². The predicted molar refractivity (Wildman–Crippen MR) is 175 cm³/mol. The van der Waals surface area contributed by atoms with Crippen LogP contribution in [0.25, 0.3) is 21.9 Å². The first-order valence-corrected chi connectivity index (χ1v) is 15.8. The van der Waals surface area contributed by atoms with Gasteiger partial charge in [-0.1, -0.05) is 43.3 Å². The van der Waals surface area contributed by atoms with Crippen molar-refractivity contribution in [2.24, 2.45) is 5.92 Å². The van der Waals surface area contributed by atoms with Gasteiger partial charge in [0.15, 0.2) is 12.0 Å². The molecule has 1 aliphatic carbocycles. The number of aromatic nitrogens is 5.